The number of benzene rings is 2. The minimum atomic E-state index is -3.86. The van der Waals surface area contributed by atoms with Gasteiger partial charge < -0.3 is 5.32 Å². The van der Waals surface area contributed by atoms with Gasteiger partial charge in [0.15, 0.2) is 5.13 Å². The molecular weight excluding hydrogens is 432 g/mol. The van der Waals surface area contributed by atoms with Crippen molar-refractivity contribution in [3.05, 3.63) is 64.0 Å². The molecular formula is C22H22N4O3S2. The summed E-state index contributed by atoms with van der Waals surface area (Å²) < 4.78 is 26.3. The van der Waals surface area contributed by atoms with Crippen LogP contribution < -0.4 is 5.32 Å². The van der Waals surface area contributed by atoms with E-state index in [4.69, 9.17) is 5.26 Å². The van der Waals surface area contributed by atoms with E-state index >= 15 is 0 Å². The molecule has 0 saturated carbocycles. The lowest BCUT2D eigenvalue weighted by atomic mass is 9.99. The van der Waals surface area contributed by atoms with Gasteiger partial charge >= 0.3 is 0 Å². The average Bonchev–Trinajstić information content (AvgIpc) is 3.18. The van der Waals surface area contributed by atoms with Gasteiger partial charge in [0.05, 0.1) is 28.8 Å². The van der Waals surface area contributed by atoms with Gasteiger partial charge in [-0.05, 0) is 67.8 Å². The molecule has 0 bridgehead atoms. The van der Waals surface area contributed by atoms with Crippen molar-refractivity contribution in [3.63, 3.8) is 0 Å². The normalized spacial score (nSPS) is 11.4. The molecule has 0 aliphatic carbocycles. The fourth-order valence-corrected chi connectivity index (χ4v) is 4.87. The monoisotopic (exact) mass is 454 g/mol. The third-order valence-corrected chi connectivity index (χ3v) is 7.50. The Morgan fingerprint density at radius 3 is 2.42 bits per heavy atom. The van der Waals surface area contributed by atoms with E-state index in [9.17, 15) is 13.2 Å². The maximum Gasteiger partial charge on any atom is 0.243 e. The van der Waals surface area contributed by atoms with Crippen LogP contribution in [0.3, 0.4) is 0 Å². The second kappa shape index (κ2) is 8.98. The molecule has 1 heterocycles. The summed E-state index contributed by atoms with van der Waals surface area (Å²) in [7, 11) is -2.53. The van der Waals surface area contributed by atoms with Gasteiger partial charge in [-0.1, -0.05) is 6.07 Å². The topological polar surface area (TPSA) is 103 Å². The molecule has 1 N–H and O–H groups in total. The molecule has 1 aromatic heterocycles. The van der Waals surface area contributed by atoms with Gasteiger partial charge in [-0.2, -0.15) is 9.57 Å². The Labute approximate surface area is 186 Å². The molecule has 0 spiro atoms. The highest BCUT2D eigenvalue weighted by Gasteiger charge is 2.23. The minimum Gasteiger partial charge on any atom is -0.301 e. The number of thiazole rings is 1. The van der Waals surface area contributed by atoms with E-state index in [1.165, 1.54) is 48.2 Å². The molecule has 160 valence electrons. The minimum absolute atomic E-state index is 0.0172. The van der Waals surface area contributed by atoms with E-state index in [0.29, 0.717) is 10.7 Å². The van der Waals surface area contributed by atoms with Crippen LogP contribution in [0.1, 0.15) is 22.3 Å². The Morgan fingerprint density at radius 2 is 1.77 bits per heavy atom. The lowest BCUT2D eigenvalue weighted by molar-refractivity contribution is -0.116. The third kappa shape index (κ3) is 4.99. The highest BCUT2D eigenvalue weighted by molar-refractivity contribution is 7.89. The number of likely N-dealkylation sites (N-methyl/N-ethyl adjacent to an activating group) is 1. The average molecular weight is 455 g/mol. The predicted molar refractivity (Wildman–Crippen MR) is 121 cm³/mol. The van der Waals surface area contributed by atoms with E-state index in [0.717, 1.165) is 26.7 Å². The fraction of sp³-hybridized carbons (Fsp3) is 0.227. The van der Waals surface area contributed by atoms with Gasteiger partial charge in [0, 0.05) is 18.0 Å². The fourth-order valence-electron chi connectivity index (χ4n) is 3.02. The van der Waals surface area contributed by atoms with E-state index in [1.807, 2.05) is 25.3 Å². The zero-order chi connectivity index (χ0) is 22.8. The first kappa shape index (κ1) is 22.6. The van der Waals surface area contributed by atoms with Crippen molar-refractivity contribution in [2.45, 2.75) is 25.7 Å². The number of hydrogen-bond donors (Lipinski definition) is 1. The van der Waals surface area contributed by atoms with Crippen molar-refractivity contribution < 1.29 is 13.2 Å². The Balaban J connectivity index is 1.70. The predicted octanol–water partition coefficient (Wildman–Crippen LogP) is 3.87. The molecule has 1 amide bonds. The molecule has 3 rings (SSSR count). The largest absolute Gasteiger partial charge is 0.301 e. The van der Waals surface area contributed by atoms with Gasteiger partial charge in [0.2, 0.25) is 15.9 Å². The first-order chi connectivity index (χ1) is 14.6. The number of hydrogen-bond acceptors (Lipinski definition) is 6. The Morgan fingerprint density at radius 1 is 1.13 bits per heavy atom. The van der Waals surface area contributed by atoms with Crippen molar-refractivity contribution >= 4 is 32.4 Å². The molecule has 0 atom stereocenters. The van der Waals surface area contributed by atoms with Crippen LogP contribution in [0, 0.1) is 32.1 Å². The second-order valence-corrected chi connectivity index (χ2v) is 10.1. The van der Waals surface area contributed by atoms with E-state index in [2.05, 4.69) is 29.4 Å². The summed E-state index contributed by atoms with van der Waals surface area (Å²) in [6.07, 6.45) is 0. The number of sulfonamides is 1. The molecule has 0 aliphatic heterocycles. The molecule has 31 heavy (non-hydrogen) atoms. The number of aromatic nitrogens is 1. The lowest BCUT2D eigenvalue weighted by Crippen LogP contribution is -2.34. The number of nitrogens with zero attached hydrogens (tertiary/aromatic N) is 3. The SMILES string of the molecule is Cc1cc(C)c(-c2csc(NC(=O)CN(C)S(=O)(=O)c3ccc(C#N)cc3)n2)cc1C. The zero-order valence-electron chi connectivity index (χ0n) is 17.6. The van der Waals surface area contributed by atoms with Crippen molar-refractivity contribution in [1.29, 1.82) is 5.26 Å². The van der Waals surface area contributed by atoms with Crippen LogP contribution >= 0.6 is 11.3 Å². The molecule has 7 nitrogen and oxygen atoms in total. The quantitative estimate of drug-likeness (QED) is 0.609. The van der Waals surface area contributed by atoms with Crippen LogP contribution in [-0.2, 0) is 14.8 Å². The van der Waals surface area contributed by atoms with E-state index in [-0.39, 0.29) is 11.4 Å². The summed E-state index contributed by atoms with van der Waals surface area (Å²) in [5, 5.41) is 13.8. The number of nitrogens with one attached hydrogen (secondary N) is 1. The number of anilines is 1. The van der Waals surface area contributed by atoms with Crippen LogP contribution in [0.2, 0.25) is 0 Å². The first-order valence-corrected chi connectivity index (χ1v) is 11.7. The van der Waals surface area contributed by atoms with Crippen LogP contribution in [0.5, 0.6) is 0 Å². The van der Waals surface area contributed by atoms with Crippen LogP contribution in [0.4, 0.5) is 5.13 Å². The molecule has 0 aliphatic rings. The van der Waals surface area contributed by atoms with Crippen molar-refractivity contribution in [3.8, 4) is 17.3 Å². The number of amides is 1. The second-order valence-electron chi connectivity index (χ2n) is 7.23. The summed E-state index contributed by atoms with van der Waals surface area (Å²) in [5.41, 5.74) is 5.59. The molecule has 0 radical (unpaired) electrons. The molecule has 0 fully saturated rings. The molecule has 3 aromatic rings. The van der Waals surface area contributed by atoms with E-state index in [1.54, 1.807) is 0 Å². The summed E-state index contributed by atoms with van der Waals surface area (Å²) in [6, 6.07) is 11.7. The molecule has 9 heteroatoms. The summed E-state index contributed by atoms with van der Waals surface area (Å²) >= 11 is 1.28. The maximum atomic E-state index is 12.7. The third-order valence-electron chi connectivity index (χ3n) is 4.93. The zero-order valence-corrected chi connectivity index (χ0v) is 19.3. The first-order valence-electron chi connectivity index (χ1n) is 9.42. The van der Waals surface area contributed by atoms with Gasteiger partial charge in [-0.15, -0.1) is 11.3 Å². The number of rotatable bonds is 6. The van der Waals surface area contributed by atoms with E-state index < -0.39 is 15.9 Å². The van der Waals surface area contributed by atoms with Gasteiger partial charge in [0.1, 0.15) is 0 Å². The van der Waals surface area contributed by atoms with Crippen LogP contribution in [0.15, 0.2) is 46.7 Å². The van der Waals surface area contributed by atoms with Crippen molar-refractivity contribution in [1.82, 2.24) is 9.29 Å². The Hall–Kier alpha value is -3.06. The Kier molecular flexibility index (Phi) is 6.55. The van der Waals surface area contributed by atoms with Crippen molar-refractivity contribution in [2.75, 3.05) is 18.9 Å². The number of nitriles is 1. The standard InChI is InChI=1S/C22H22N4O3S2/c1-14-9-16(3)19(10-15(14)2)20-13-30-22(24-20)25-21(27)12-26(4)31(28,29)18-7-5-17(11-23)6-8-18/h5-10,13H,12H2,1-4H3,(H,24,25,27). The smallest absolute Gasteiger partial charge is 0.243 e. The van der Waals surface area contributed by atoms with Crippen LogP contribution in [0.25, 0.3) is 11.3 Å². The van der Waals surface area contributed by atoms with Gasteiger partial charge in [0.25, 0.3) is 0 Å². The maximum absolute atomic E-state index is 12.7. The number of carbonyl (C=O) groups is 1. The molecule has 2 aromatic carbocycles. The summed E-state index contributed by atoms with van der Waals surface area (Å²) in [6.45, 7) is 5.75. The molecule has 0 saturated heterocycles. The van der Waals surface area contributed by atoms with Crippen LogP contribution in [-0.4, -0.2) is 37.2 Å². The highest BCUT2D eigenvalue weighted by Crippen LogP contribution is 2.29. The van der Waals surface area contributed by atoms with Gasteiger partial charge in [-0.3, -0.25) is 4.79 Å². The highest BCUT2D eigenvalue weighted by atomic mass is 32.2. The number of carbonyl (C=O) groups excluding carboxylic acids is 1. The Bertz CT molecular complexity index is 1270. The lowest BCUT2D eigenvalue weighted by Gasteiger charge is -2.16. The molecule has 0 unspecified atom stereocenters. The summed E-state index contributed by atoms with van der Waals surface area (Å²) in [4.78, 5) is 16.9. The number of aryl methyl sites for hydroxylation is 3. The summed E-state index contributed by atoms with van der Waals surface area (Å²) in [5.74, 6) is -0.488. The van der Waals surface area contributed by atoms with Crippen molar-refractivity contribution in [2.24, 2.45) is 0 Å². The van der Waals surface area contributed by atoms with Gasteiger partial charge in [-0.25, -0.2) is 13.4 Å².